The first-order valence-corrected chi connectivity index (χ1v) is 3.76. The molecule has 0 aliphatic rings. The summed E-state index contributed by atoms with van der Waals surface area (Å²) >= 11 is 9.65. The Labute approximate surface area is 63.0 Å². The molecule has 1 nitrogen and oxygen atoms in total. The summed E-state index contributed by atoms with van der Waals surface area (Å²) in [4.78, 5) is 4.02. The summed E-state index contributed by atoms with van der Waals surface area (Å²) in [7, 11) is 0. The van der Waals surface area contributed by atoms with Crippen LogP contribution < -0.4 is 0 Å². The van der Waals surface area contributed by atoms with Crippen LogP contribution in [0.15, 0.2) is 8.55 Å². The van der Waals surface area contributed by atoms with Gasteiger partial charge >= 0.3 is 0 Å². The van der Waals surface area contributed by atoms with Gasteiger partial charge in [0.25, 0.3) is 0 Å². The Morgan fingerprint density at radius 2 is 2.12 bits per heavy atom. The lowest BCUT2D eigenvalue weighted by molar-refractivity contribution is 1.13. The molecule has 1 rings (SSSR count). The zero-order chi connectivity index (χ0) is 6.15. The van der Waals surface area contributed by atoms with Gasteiger partial charge in [0.15, 0.2) is 0 Å². The van der Waals surface area contributed by atoms with Crippen molar-refractivity contribution in [3.63, 3.8) is 0 Å². The molecule has 0 aromatic carbocycles. The number of aromatic nitrogens is 1. The number of hydrogen-bond acceptors (Lipinski definition) is 4. The molecule has 0 saturated carbocycles. The molecule has 1 aromatic rings. The van der Waals surface area contributed by atoms with Gasteiger partial charge in [-0.05, 0) is 6.92 Å². The quantitative estimate of drug-likeness (QED) is 0.558. The van der Waals surface area contributed by atoms with Gasteiger partial charge in [0, 0.05) is 0 Å². The molecular formula is C4H5NS3. The van der Waals surface area contributed by atoms with Gasteiger partial charge in [-0.15, -0.1) is 36.6 Å². The predicted molar refractivity (Wildman–Crippen MR) is 41.4 cm³/mol. The van der Waals surface area contributed by atoms with Crippen LogP contribution >= 0.6 is 36.6 Å². The van der Waals surface area contributed by atoms with E-state index in [2.05, 4.69) is 30.2 Å². The van der Waals surface area contributed by atoms with Gasteiger partial charge in [-0.1, -0.05) is 0 Å². The molecule has 0 bridgehead atoms. The van der Waals surface area contributed by atoms with Crippen LogP contribution in [-0.4, -0.2) is 4.98 Å². The minimum absolute atomic E-state index is 0.785. The third kappa shape index (κ3) is 1.18. The number of rotatable bonds is 0. The van der Waals surface area contributed by atoms with E-state index in [0.717, 1.165) is 14.2 Å². The molecule has 0 amide bonds. The Kier molecular flexibility index (Phi) is 1.84. The second kappa shape index (κ2) is 2.29. The zero-order valence-corrected chi connectivity index (χ0v) is 6.86. The number of thiazole rings is 1. The van der Waals surface area contributed by atoms with Crippen molar-refractivity contribution >= 4 is 36.6 Å². The number of nitrogens with zero attached hydrogens (tertiary/aromatic N) is 1. The SMILES string of the molecule is Cc1nc(S)sc1S. The van der Waals surface area contributed by atoms with Crippen LogP contribution in [0.3, 0.4) is 0 Å². The predicted octanol–water partition coefficient (Wildman–Crippen LogP) is 2.03. The van der Waals surface area contributed by atoms with Gasteiger partial charge in [-0.25, -0.2) is 4.98 Å². The summed E-state index contributed by atoms with van der Waals surface area (Å²) in [5.74, 6) is 0. The van der Waals surface area contributed by atoms with Crippen LogP contribution in [0.5, 0.6) is 0 Å². The van der Waals surface area contributed by atoms with E-state index in [9.17, 15) is 0 Å². The van der Waals surface area contributed by atoms with Crippen LogP contribution in [0.2, 0.25) is 0 Å². The molecule has 0 N–H and O–H groups in total. The summed E-state index contributed by atoms with van der Waals surface area (Å²) in [6.45, 7) is 1.92. The maximum Gasteiger partial charge on any atom is 0.148 e. The van der Waals surface area contributed by atoms with E-state index in [4.69, 9.17) is 0 Å². The van der Waals surface area contributed by atoms with E-state index in [0.29, 0.717) is 0 Å². The fourth-order valence-electron chi connectivity index (χ4n) is 0.374. The fraction of sp³-hybridized carbons (Fsp3) is 0.250. The molecule has 8 heavy (non-hydrogen) atoms. The lowest BCUT2D eigenvalue weighted by Crippen LogP contribution is -1.67. The molecule has 0 aliphatic carbocycles. The van der Waals surface area contributed by atoms with Crippen molar-refractivity contribution < 1.29 is 0 Å². The first-order chi connectivity index (χ1) is 3.70. The Morgan fingerprint density at radius 1 is 1.50 bits per heavy atom. The fourth-order valence-corrected chi connectivity index (χ4v) is 1.87. The highest BCUT2D eigenvalue weighted by atomic mass is 32.2. The van der Waals surface area contributed by atoms with Gasteiger partial charge in [0.1, 0.15) is 4.34 Å². The zero-order valence-electron chi connectivity index (χ0n) is 4.25. The van der Waals surface area contributed by atoms with Crippen molar-refractivity contribution in [3.05, 3.63) is 5.69 Å². The average Bonchev–Trinajstić information content (AvgIpc) is 1.85. The standard InChI is InChI=1S/C4H5NS3/c1-2-3(6)8-4(7)5-2/h6H,1H3,(H,5,7). The van der Waals surface area contributed by atoms with Crippen LogP contribution in [0.25, 0.3) is 0 Å². The van der Waals surface area contributed by atoms with Crippen molar-refractivity contribution in [2.24, 2.45) is 0 Å². The van der Waals surface area contributed by atoms with E-state index in [1.807, 2.05) is 6.92 Å². The van der Waals surface area contributed by atoms with Gasteiger partial charge < -0.3 is 0 Å². The summed E-state index contributed by atoms with van der Waals surface area (Å²) in [5.41, 5.74) is 0.961. The molecule has 0 atom stereocenters. The highest BCUT2D eigenvalue weighted by molar-refractivity contribution is 7.85. The molecular weight excluding hydrogens is 158 g/mol. The lowest BCUT2D eigenvalue weighted by atomic mass is 10.6. The Balaban J connectivity index is 3.14. The number of aryl methyl sites for hydroxylation is 1. The minimum Gasteiger partial charge on any atom is -0.234 e. The molecule has 0 spiro atoms. The molecule has 0 aliphatic heterocycles. The molecule has 0 radical (unpaired) electrons. The maximum absolute atomic E-state index is 4.13. The van der Waals surface area contributed by atoms with Gasteiger partial charge in [0.05, 0.1) is 9.90 Å². The topological polar surface area (TPSA) is 12.9 Å². The average molecular weight is 163 g/mol. The van der Waals surface area contributed by atoms with E-state index in [-0.39, 0.29) is 0 Å². The lowest BCUT2D eigenvalue weighted by Gasteiger charge is -1.76. The van der Waals surface area contributed by atoms with Crippen molar-refractivity contribution in [3.8, 4) is 0 Å². The first-order valence-electron chi connectivity index (χ1n) is 2.05. The summed E-state index contributed by atoms with van der Waals surface area (Å²) in [5, 5.41) is 0. The van der Waals surface area contributed by atoms with E-state index < -0.39 is 0 Å². The molecule has 0 saturated heterocycles. The monoisotopic (exact) mass is 163 g/mol. The normalized spacial score (nSPS) is 9.88. The van der Waals surface area contributed by atoms with Crippen LogP contribution in [0.1, 0.15) is 5.69 Å². The van der Waals surface area contributed by atoms with E-state index >= 15 is 0 Å². The highest BCUT2D eigenvalue weighted by Gasteiger charge is 1.97. The maximum atomic E-state index is 4.13. The Morgan fingerprint density at radius 3 is 2.25 bits per heavy atom. The minimum atomic E-state index is 0.785. The van der Waals surface area contributed by atoms with E-state index in [1.54, 1.807) is 0 Å². The molecule has 1 heterocycles. The van der Waals surface area contributed by atoms with Crippen molar-refractivity contribution in [2.75, 3.05) is 0 Å². The highest BCUT2D eigenvalue weighted by Crippen LogP contribution is 2.23. The third-order valence-corrected chi connectivity index (χ3v) is 2.49. The van der Waals surface area contributed by atoms with E-state index in [1.165, 1.54) is 11.3 Å². The van der Waals surface area contributed by atoms with Crippen LogP contribution in [0.4, 0.5) is 0 Å². The smallest absolute Gasteiger partial charge is 0.148 e. The molecule has 0 fully saturated rings. The molecule has 4 heteroatoms. The van der Waals surface area contributed by atoms with Crippen molar-refractivity contribution in [2.45, 2.75) is 15.5 Å². The molecule has 44 valence electrons. The Hall–Kier alpha value is 0.330. The van der Waals surface area contributed by atoms with Crippen LogP contribution in [0, 0.1) is 6.92 Å². The first kappa shape index (κ1) is 6.45. The Bertz CT molecular complexity index is 174. The van der Waals surface area contributed by atoms with Crippen molar-refractivity contribution in [1.29, 1.82) is 0 Å². The van der Waals surface area contributed by atoms with Gasteiger partial charge in [-0.2, -0.15) is 0 Å². The molecule has 0 unspecified atom stereocenters. The summed E-state index contributed by atoms with van der Waals surface area (Å²) in [6.07, 6.45) is 0. The number of thiol groups is 2. The largest absolute Gasteiger partial charge is 0.234 e. The summed E-state index contributed by atoms with van der Waals surface area (Å²) in [6, 6.07) is 0. The summed E-state index contributed by atoms with van der Waals surface area (Å²) < 4.78 is 1.74. The van der Waals surface area contributed by atoms with Gasteiger partial charge in [0.2, 0.25) is 0 Å². The second-order valence-corrected chi connectivity index (χ2v) is 3.86. The third-order valence-electron chi connectivity index (χ3n) is 0.761. The van der Waals surface area contributed by atoms with Crippen molar-refractivity contribution in [1.82, 2.24) is 4.98 Å². The molecule has 1 aromatic heterocycles. The van der Waals surface area contributed by atoms with Gasteiger partial charge in [-0.3, -0.25) is 0 Å². The second-order valence-electron chi connectivity index (χ2n) is 1.39. The van der Waals surface area contributed by atoms with Crippen LogP contribution in [-0.2, 0) is 0 Å². The number of hydrogen-bond donors (Lipinski definition) is 2.